The topological polar surface area (TPSA) is 44.5 Å². The van der Waals surface area contributed by atoms with E-state index in [2.05, 4.69) is 6.92 Å². The van der Waals surface area contributed by atoms with Crippen LogP contribution in [0.3, 0.4) is 0 Å². The number of nitrogens with two attached hydrogens (primary N) is 1. The van der Waals surface area contributed by atoms with Gasteiger partial charge in [0.1, 0.15) is 0 Å². The van der Waals surface area contributed by atoms with Crippen molar-refractivity contribution in [1.29, 1.82) is 0 Å². The third-order valence-corrected chi connectivity index (χ3v) is 3.26. The van der Waals surface area contributed by atoms with E-state index in [1.165, 1.54) is 0 Å². The van der Waals surface area contributed by atoms with Gasteiger partial charge in [0.05, 0.1) is 6.10 Å². The summed E-state index contributed by atoms with van der Waals surface area (Å²) < 4.78 is 10.6. The molecule has 1 saturated heterocycles. The van der Waals surface area contributed by atoms with Crippen LogP contribution >= 0.6 is 0 Å². The van der Waals surface area contributed by atoms with Crippen molar-refractivity contribution in [2.24, 2.45) is 11.1 Å². The minimum Gasteiger partial charge on any atom is -0.385 e. The van der Waals surface area contributed by atoms with Crippen LogP contribution < -0.4 is 5.73 Å². The third kappa shape index (κ3) is 2.42. The van der Waals surface area contributed by atoms with E-state index in [0.29, 0.717) is 6.10 Å². The summed E-state index contributed by atoms with van der Waals surface area (Å²) in [6, 6.07) is 0. The second-order valence-corrected chi connectivity index (χ2v) is 3.93. The van der Waals surface area contributed by atoms with Crippen molar-refractivity contribution in [1.82, 2.24) is 0 Å². The van der Waals surface area contributed by atoms with Crippen LogP contribution in [0, 0.1) is 5.41 Å². The predicted octanol–water partition coefficient (Wildman–Crippen LogP) is 1.17. The van der Waals surface area contributed by atoms with Gasteiger partial charge in [-0.25, -0.2) is 0 Å². The zero-order valence-corrected chi connectivity index (χ0v) is 8.71. The van der Waals surface area contributed by atoms with Crippen LogP contribution in [0.5, 0.6) is 0 Å². The molecule has 0 amide bonds. The molecule has 1 heterocycles. The fourth-order valence-electron chi connectivity index (χ4n) is 2.09. The molecule has 0 aliphatic carbocycles. The molecule has 78 valence electrons. The van der Waals surface area contributed by atoms with E-state index in [0.717, 1.165) is 39.0 Å². The Bertz CT molecular complexity index is 152. The van der Waals surface area contributed by atoms with E-state index < -0.39 is 0 Å². The first-order valence-electron chi connectivity index (χ1n) is 5.06. The van der Waals surface area contributed by atoms with Crippen molar-refractivity contribution >= 4 is 0 Å². The number of ether oxygens (including phenoxy) is 2. The normalized spacial score (nSPS) is 33.9. The van der Waals surface area contributed by atoms with Crippen LogP contribution in [0.15, 0.2) is 0 Å². The zero-order valence-electron chi connectivity index (χ0n) is 8.71. The Hall–Kier alpha value is -0.120. The maximum atomic E-state index is 5.82. The molecule has 0 saturated carbocycles. The first-order valence-corrected chi connectivity index (χ1v) is 5.06. The molecule has 1 aliphatic heterocycles. The number of methoxy groups -OCH3 is 1. The highest BCUT2D eigenvalue weighted by Gasteiger charge is 2.39. The van der Waals surface area contributed by atoms with Gasteiger partial charge in [0.15, 0.2) is 0 Å². The van der Waals surface area contributed by atoms with Gasteiger partial charge in [-0.05, 0) is 26.2 Å². The van der Waals surface area contributed by atoms with Crippen LogP contribution in [-0.2, 0) is 9.47 Å². The summed E-state index contributed by atoms with van der Waals surface area (Å²) in [5, 5.41) is 0. The molecular formula is C10H21NO2. The molecule has 0 spiro atoms. The highest BCUT2D eigenvalue weighted by Crippen LogP contribution is 2.38. The van der Waals surface area contributed by atoms with Gasteiger partial charge in [0.25, 0.3) is 0 Å². The van der Waals surface area contributed by atoms with E-state index in [1.807, 2.05) is 0 Å². The number of rotatable bonds is 5. The van der Waals surface area contributed by atoms with Gasteiger partial charge in [-0.3, -0.25) is 0 Å². The second-order valence-electron chi connectivity index (χ2n) is 3.93. The molecule has 3 nitrogen and oxygen atoms in total. The van der Waals surface area contributed by atoms with Crippen molar-refractivity contribution in [2.45, 2.75) is 32.3 Å². The molecule has 13 heavy (non-hydrogen) atoms. The highest BCUT2D eigenvalue weighted by molar-refractivity contribution is 4.90. The minimum atomic E-state index is 0.221. The van der Waals surface area contributed by atoms with Crippen molar-refractivity contribution < 1.29 is 9.47 Å². The van der Waals surface area contributed by atoms with Crippen LogP contribution in [0.25, 0.3) is 0 Å². The molecule has 3 heteroatoms. The Kier molecular flexibility index (Phi) is 4.16. The summed E-state index contributed by atoms with van der Waals surface area (Å²) in [5.74, 6) is 0. The molecule has 1 aliphatic rings. The van der Waals surface area contributed by atoms with E-state index in [4.69, 9.17) is 15.2 Å². The molecule has 2 atom stereocenters. The molecule has 2 unspecified atom stereocenters. The lowest BCUT2D eigenvalue weighted by molar-refractivity contribution is 0.0572. The molecule has 1 fully saturated rings. The van der Waals surface area contributed by atoms with Crippen LogP contribution in [0.1, 0.15) is 26.2 Å². The van der Waals surface area contributed by atoms with Crippen LogP contribution in [0.4, 0.5) is 0 Å². The molecule has 1 rings (SSSR count). The third-order valence-electron chi connectivity index (χ3n) is 3.26. The lowest BCUT2D eigenvalue weighted by atomic mass is 9.78. The van der Waals surface area contributed by atoms with Crippen molar-refractivity contribution in [3.63, 3.8) is 0 Å². The molecule has 0 aromatic carbocycles. The smallest absolute Gasteiger partial charge is 0.0616 e. The van der Waals surface area contributed by atoms with E-state index >= 15 is 0 Å². The Morgan fingerprint density at radius 3 is 2.85 bits per heavy atom. The fourth-order valence-corrected chi connectivity index (χ4v) is 2.09. The molecule has 0 aromatic rings. The van der Waals surface area contributed by atoms with E-state index in [1.54, 1.807) is 7.11 Å². The summed E-state index contributed by atoms with van der Waals surface area (Å²) in [6.45, 7) is 4.56. The maximum Gasteiger partial charge on any atom is 0.0616 e. The average Bonchev–Trinajstić information content (AvgIpc) is 2.49. The lowest BCUT2D eigenvalue weighted by Gasteiger charge is -2.30. The number of hydrogen-bond acceptors (Lipinski definition) is 3. The van der Waals surface area contributed by atoms with Crippen molar-refractivity contribution in [3.8, 4) is 0 Å². The highest BCUT2D eigenvalue weighted by atomic mass is 16.5. The molecule has 0 radical (unpaired) electrons. The summed E-state index contributed by atoms with van der Waals surface area (Å²) in [5.41, 5.74) is 6.04. The molecule has 0 bridgehead atoms. The summed E-state index contributed by atoms with van der Waals surface area (Å²) in [7, 11) is 1.74. The fraction of sp³-hybridized carbons (Fsp3) is 1.00. The zero-order chi connectivity index (χ0) is 9.73. The van der Waals surface area contributed by atoms with Crippen molar-refractivity contribution in [3.05, 3.63) is 0 Å². The molecular weight excluding hydrogens is 166 g/mol. The Labute approximate surface area is 80.6 Å². The monoisotopic (exact) mass is 187 g/mol. The lowest BCUT2D eigenvalue weighted by Crippen LogP contribution is -2.36. The summed E-state index contributed by atoms with van der Waals surface area (Å²) in [6.07, 6.45) is 3.63. The first-order chi connectivity index (χ1) is 6.25. The minimum absolute atomic E-state index is 0.221. The van der Waals surface area contributed by atoms with E-state index in [-0.39, 0.29) is 5.41 Å². The Morgan fingerprint density at radius 1 is 1.62 bits per heavy atom. The standard InChI is InChI=1S/C10H21NO2/c1-9-10(8-11,5-7-13-9)4-3-6-12-2/h9H,3-8,11H2,1-2H3. The van der Waals surface area contributed by atoms with Gasteiger partial charge in [0, 0.05) is 32.3 Å². The van der Waals surface area contributed by atoms with Gasteiger partial charge in [0.2, 0.25) is 0 Å². The first kappa shape index (κ1) is 11.0. The van der Waals surface area contributed by atoms with Gasteiger partial charge in [-0.2, -0.15) is 0 Å². The molecule has 0 aromatic heterocycles. The maximum absolute atomic E-state index is 5.82. The largest absolute Gasteiger partial charge is 0.385 e. The summed E-state index contributed by atoms with van der Waals surface area (Å²) >= 11 is 0. The quantitative estimate of drug-likeness (QED) is 0.657. The van der Waals surface area contributed by atoms with E-state index in [9.17, 15) is 0 Å². The van der Waals surface area contributed by atoms with Gasteiger partial charge in [-0.1, -0.05) is 0 Å². The molecule has 2 N–H and O–H groups in total. The SMILES string of the molecule is COCCCC1(CN)CCOC1C. The van der Waals surface area contributed by atoms with Gasteiger partial charge >= 0.3 is 0 Å². The number of hydrogen-bond donors (Lipinski definition) is 1. The van der Waals surface area contributed by atoms with Crippen molar-refractivity contribution in [2.75, 3.05) is 26.9 Å². The second kappa shape index (κ2) is 4.94. The van der Waals surface area contributed by atoms with Gasteiger partial charge in [-0.15, -0.1) is 0 Å². The van der Waals surface area contributed by atoms with Gasteiger partial charge < -0.3 is 15.2 Å². The Balaban J connectivity index is 2.39. The summed E-state index contributed by atoms with van der Waals surface area (Å²) in [4.78, 5) is 0. The predicted molar refractivity (Wildman–Crippen MR) is 52.6 cm³/mol. The Morgan fingerprint density at radius 2 is 2.38 bits per heavy atom. The van der Waals surface area contributed by atoms with Crippen LogP contribution in [0.2, 0.25) is 0 Å². The van der Waals surface area contributed by atoms with Crippen LogP contribution in [-0.4, -0.2) is 33.0 Å². The average molecular weight is 187 g/mol.